The van der Waals surface area contributed by atoms with Crippen LogP contribution in [0.5, 0.6) is 0 Å². The highest BCUT2D eigenvalue weighted by molar-refractivity contribution is 5.62. The van der Waals surface area contributed by atoms with Crippen LogP contribution in [0.15, 0.2) is 24.3 Å². The largest absolute Gasteiger partial charge is 0.345 e. The van der Waals surface area contributed by atoms with Crippen molar-refractivity contribution in [3.8, 4) is 11.3 Å². The number of H-pyrrole nitrogens is 1. The number of imidazole rings is 1. The first-order valence-electron chi connectivity index (χ1n) is 6.62. The lowest BCUT2D eigenvalue weighted by Gasteiger charge is -2.10. The summed E-state index contributed by atoms with van der Waals surface area (Å²) in [7, 11) is 1.97. The summed E-state index contributed by atoms with van der Waals surface area (Å²) in [4.78, 5) is 8.14. The van der Waals surface area contributed by atoms with Gasteiger partial charge in [0.05, 0.1) is 5.69 Å². The van der Waals surface area contributed by atoms with Crippen LogP contribution in [-0.4, -0.2) is 23.6 Å². The van der Waals surface area contributed by atoms with Gasteiger partial charge in [0.1, 0.15) is 11.6 Å². The molecule has 0 saturated heterocycles. The molecule has 0 radical (unpaired) electrons. The molecule has 1 saturated carbocycles. The molecule has 2 N–H and O–H groups in total. The summed E-state index contributed by atoms with van der Waals surface area (Å²) in [6, 6.07) is 6.51. The van der Waals surface area contributed by atoms with Crippen molar-refractivity contribution >= 4 is 0 Å². The number of rotatable bonds is 4. The van der Waals surface area contributed by atoms with Gasteiger partial charge in [-0.05, 0) is 51.1 Å². The van der Waals surface area contributed by atoms with Gasteiger partial charge in [-0.1, -0.05) is 0 Å². The molecule has 0 spiro atoms. The molecule has 0 aliphatic heterocycles. The van der Waals surface area contributed by atoms with Crippen LogP contribution in [0.4, 0.5) is 4.39 Å². The summed E-state index contributed by atoms with van der Waals surface area (Å²) >= 11 is 0. The number of aryl methyl sites for hydroxylation is 1. The number of aromatic amines is 1. The number of halogens is 1. The highest BCUT2D eigenvalue weighted by Gasteiger charge is 2.46. The maximum atomic E-state index is 13.0. The molecule has 0 unspecified atom stereocenters. The number of aromatic nitrogens is 2. The Morgan fingerprint density at radius 2 is 2.00 bits per heavy atom. The van der Waals surface area contributed by atoms with E-state index in [0.29, 0.717) is 0 Å². The van der Waals surface area contributed by atoms with E-state index < -0.39 is 0 Å². The Labute approximate surface area is 112 Å². The molecule has 19 heavy (non-hydrogen) atoms. The van der Waals surface area contributed by atoms with Crippen LogP contribution in [0.2, 0.25) is 0 Å². The molecular formula is C15H18FN3. The second-order valence-electron chi connectivity index (χ2n) is 5.38. The van der Waals surface area contributed by atoms with E-state index in [1.807, 2.05) is 14.0 Å². The fourth-order valence-electron chi connectivity index (χ4n) is 2.59. The van der Waals surface area contributed by atoms with Crippen LogP contribution >= 0.6 is 0 Å². The molecule has 3 nitrogen and oxygen atoms in total. The van der Waals surface area contributed by atoms with Crippen LogP contribution in [0, 0.1) is 12.7 Å². The second kappa shape index (κ2) is 4.46. The van der Waals surface area contributed by atoms with Crippen molar-refractivity contribution in [3.63, 3.8) is 0 Å². The second-order valence-corrected chi connectivity index (χ2v) is 5.38. The molecule has 0 atom stereocenters. The van der Waals surface area contributed by atoms with Crippen molar-refractivity contribution < 1.29 is 4.39 Å². The number of hydrogen-bond donors (Lipinski definition) is 2. The minimum atomic E-state index is -0.217. The molecule has 1 aliphatic rings. The quantitative estimate of drug-likeness (QED) is 0.886. The van der Waals surface area contributed by atoms with Crippen LogP contribution in [0.25, 0.3) is 11.3 Å². The molecule has 4 heteroatoms. The van der Waals surface area contributed by atoms with Crippen molar-refractivity contribution in [2.24, 2.45) is 0 Å². The van der Waals surface area contributed by atoms with Crippen molar-refractivity contribution in [2.75, 3.05) is 13.6 Å². The minimum absolute atomic E-state index is 0.178. The van der Waals surface area contributed by atoms with E-state index in [-0.39, 0.29) is 11.2 Å². The minimum Gasteiger partial charge on any atom is -0.345 e. The highest BCUT2D eigenvalue weighted by Crippen LogP contribution is 2.46. The van der Waals surface area contributed by atoms with E-state index in [1.54, 1.807) is 12.1 Å². The van der Waals surface area contributed by atoms with Gasteiger partial charge in [-0.3, -0.25) is 0 Å². The smallest absolute Gasteiger partial charge is 0.123 e. The Morgan fingerprint density at radius 3 is 2.58 bits per heavy atom. The monoisotopic (exact) mass is 259 g/mol. The highest BCUT2D eigenvalue weighted by atomic mass is 19.1. The molecule has 1 aromatic carbocycles. The molecule has 1 heterocycles. The van der Waals surface area contributed by atoms with E-state index in [9.17, 15) is 4.39 Å². The lowest BCUT2D eigenvalue weighted by atomic mass is 10.1. The third-order valence-corrected chi connectivity index (χ3v) is 3.87. The number of nitrogens with zero attached hydrogens (tertiary/aromatic N) is 1. The molecule has 3 rings (SSSR count). The average Bonchev–Trinajstić information content (AvgIpc) is 3.07. The Kier molecular flexibility index (Phi) is 2.90. The fourth-order valence-corrected chi connectivity index (χ4v) is 2.59. The van der Waals surface area contributed by atoms with Gasteiger partial charge >= 0.3 is 0 Å². The zero-order chi connectivity index (χ0) is 13.5. The molecule has 0 amide bonds. The number of benzene rings is 1. The maximum absolute atomic E-state index is 13.0. The van der Waals surface area contributed by atoms with Gasteiger partial charge in [-0.25, -0.2) is 9.37 Å². The predicted molar refractivity (Wildman–Crippen MR) is 73.6 cm³/mol. The summed E-state index contributed by atoms with van der Waals surface area (Å²) in [5, 5.41) is 3.24. The number of likely N-dealkylation sites (N-methyl/N-ethyl adjacent to an activating group) is 1. The summed E-state index contributed by atoms with van der Waals surface area (Å²) in [6.45, 7) is 2.97. The van der Waals surface area contributed by atoms with Gasteiger partial charge < -0.3 is 10.3 Å². The van der Waals surface area contributed by atoms with Crippen molar-refractivity contribution in [2.45, 2.75) is 25.2 Å². The number of nitrogens with one attached hydrogen (secondary N) is 2. The maximum Gasteiger partial charge on any atom is 0.123 e. The summed E-state index contributed by atoms with van der Waals surface area (Å²) in [6.07, 6.45) is 2.34. The van der Waals surface area contributed by atoms with Gasteiger partial charge in [0.15, 0.2) is 0 Å². The van der Waals surface area contributed by atoms with Gasteiger partial charge in [0.25, 0.3) is 0 Å². The van der Waals surface area contributed by atoms with Crippen LogP contribution in [0.1, 0.15) is 24.4 Å². The third kappa shape index (κ3) is 2.16. The number of hydrogen-bond acceptors (Lipinski definition) is 2. The van der Waals surface area contributed by atoms with Crippen molar-refractivity contribution in [1.82, 2.24) is 15.3 Å². The summed E-state index contributed by atoms with van der Waals surface area (Å²) in [5.74, 6) is 0.838. The Balaban J connectivity index is 1.96. The molecule has 1 fully saturated rings. The first-order valence-corrected chi connectivity index (χ1v) is 6.62. The van der Waals surface area contributed by atoms with Crippen LogP contribution < -0.4 is 5.32 Å². The molecular weight excluding hydrogens is 241 g/mol. The van der Waals surface area contributed by atoms with E-state index in [1.165, 1.54) is 25.0 Å². The average molecular weight is 259 g/mol. The summed E-state index contributed by atoms with van der Waals surface area (Å²) in [5.41, 5.74) is 3.11. The normalized spacial score (nSPS) is 16.6. The topological polar surface area (TPSA) is 40.7 Å². The molecule has 2 aromatic rings. The molecule has 1 aliphatic carbocycles. The van der Waals surface area contributed by atoms with Crippen LogP contribution in [-0.2, 0) is 5.41 Å². The van der Waals surface area contributed by atoms with Gasteiger partial charge in [-0.2, -0.15) is 0 Å². The van der Waals surface area contributed by atoms with E-state index in [0.717, 1.165) is 29.3 Å². The third-order valence-electron chi connectivity index (χ3n) is 3.87. The van der Waals surface area contributed by atoms with E-state index in [4.69, 9.17) is 4.98 Å². The van der Waals surface area contributed by atoms with Crippen molar-refractivity contribution in [3.05, 3.63) is 41.6 Å². The molecule has 100 valence electrons. The first kappa shape index (κ1) is 12.4. The Morgan fingerprint density at radius 1 is 1.32 bits per heavy atom. The first-order chi connectivity index (χ1) is 9.14. The molecule has 0 bridgehead atoms. The van der Waals surface area contributed by atoms with Crippen molar-refractivity contribution in [1.29, 1.82) is 0 Å². The lowest BCUT2D eigenvalue weighted by molar-refractivity contribution is 0.593. The zero-order valence-electron chi connectivity index (χ0n) is 11.3. The Hall–Kier alpha value is -1.68. The standard InChI is InChI=1S/C15H18FN3/c1-10-13(11-3-5-12(16)6-4-11)19-14(18-10)15(7-8-15)9-17-2/h3-6,17H,7-9H2,1-2H3,(H,18,19). The summed E-state index contributed by atoms with van der Waals surface area (Å²) < 4.78 is 13.0. The SMILES string of the molecule is CNCC1(c2nc(-c3ccc(F)cc3)c(C)[nH]2)CC1. The zero-order valence-corrected chi connectivity index (χ0v) is 11.3. The lowest BCUT2D eigenvalue weighted by Crippen LogP contribution is -2.24. The van der Waals surface area contributed by atoms with Gasteiger partial charge in [-0.15, -0.1) is 0 Å². The van der Waals surface area contributed by atoms with E-state index in [2.05, 4.69) is 10.3 Å². The van der Waals surface area contributed by atoms with E-state index >= 15 is 0 Å². The van der Waals surface area contributed by atoms with Crippen LogP contribution in [0.3, 0.4) is 0 Å². The Bertz CT molecular complexity index is 582. The molecule has 1 aromatic heterocycles. The predicted octanol–water partition coefficient (Wildman–Crippen LogP) is 2.78. The van der Waals surface area contributed by atoms with Gasteiger partial charge in [0, 0.05) is 23.2 Å². The fraction of sp³-hybridized carbons (Fsp3) is 0.400. The van der Waals surface area contributed by atoms with Gasteiger partial charge in [0.2, 0.25) is 0 Å².